The summed E-state index contributed by atoms with van der Waals surface area (Å²) in [5.74, 6) is 1.92. The SMILES string of the molecule is Cc1cccc(C)c1Oc1nc(Nc2ccc(C#N)cc2)nc2c1CCN(Cc1ccccc1)C2. The summed E-state index contributed by atoms with van der Waals surface area (Å²) in [7, 11) is 0. The zero-order chi connectivity index (χ0) is 24.2. The van der Waals surface area contributed by atoms with Gasteiger partial charge in [0.1, 0.15) is 5.75 Å². The van der Waals surface area contributed by atoms with Crippen molar-refractivity contribution in [2.24, 2.45) is 0 Å². The van der Waals surface area contributed by atoms with E-state index in [1.807, 2.05) is 50.2 Å². The molecule has 1 N–H and O–H groups in total. The van der Waals surface area contributed by atoms with Gasteiger partial charge in [-0.1, -0.05) is 48.5 Å². The molecule has 35 heavy (non-hydrogen) atoms. The fourth-order valence-corrected chi connectivity index (χ4v) is 4.38. The lowest BCUT2D eigenvalue weighted by atomic mass is 10.0. The average molecular weight is 462 g/mol. The van der Waals surface area contributed by atoms with E-state index in [1.54, 1.807) is 12.1 Å². The number of aromatic nitrogens is 2. The number of ether oxygens (including phenoxy) is 1. The van der Waals surface area contributed by atoms with E-state index in [0.717, 1.165) is 59.9 Å². The van der Waals surface area contributed by atoms with Gasteiger partial charge in [-0.25, -0.2) is 4.98 Å². The van der Waals surface area contributed by atoms with Crippen molar-refractivity contribution in [1.82, 2.24) is 14.9 Å². The second-order valence-electron chi connectivity index (χ2n) is 8.86. The Bertz CT molecular complexity index is 1360. The Labute approximate surface area is 205 Å². The Balaban J connectivity index is 1.48. The number of para-hydroxylation sites is 1. The molecule has 3 aromatic carbocycles. The highest BCUT2D eigenvalue weighted by atomic mass is 16.5. The van der Waals surface area contributed by atoms with E-state index in [1.165, 1.54) is 5.56 Å². The van der Waals surface area contributed by atoms with E-state index in [0.29, 0.717) is 17.4 Å². The molecule has 6 heteroatoms. The van der Waals surface area contributed by atoms with Crippen LogP contribution in [-0.2, 0) is 19.5 Å². The first-order valence-electron chi connectivity index (χ1n) is 11.8. The van der Waals surface area contributed by atoms with E-state index in [9.17, 15) is 0 Å². The molecule has 0 saturated heterocycles. The predicted octanol–water partition coefficient (Wildman–Crippen LogP) is 6.06. The molecule has 5 rings (SSSR count). The van der Waals surface area contributed by atoms with Crippen molar-refractivity contribution in [3.8, 4) is 17.7 Å². The molecule has 0 amide bonds. The summed E-state index contributed by atoms with van der Waals surface area (Å²) in [4.78, 5) is 12.1. The van der Waals surface area contributed by atoms with Crippen LogP contribution in [0.25, 0.3) is 0 Å². The minimum absolute atomic E-state index is 0.483. The smallest absolute Gasteiger partial charge is 0.230 e. The van der Waals surface area contributed by atoms with Gasteiger partial charge in [0.25, 0.3) is 0 Å². The largest absolute Gasteiger partial charge is 0.438 e. The van der Waals surface area contributed by atoms with Crippen LogP contribution in [0.2, 0.25) is 0 Å². The van der Waals surface area contributed by atoms with E-state index in [4.69, 9.17) is 20.0 Å². The summed E-state index contributed by atoms with van der Waals surface area (Å²) in [6.45, 7) is 6.60. The van der Waals surface area contributed by atoms with Gasteiger partial charge in [0.15, 0.2) is 0 Å². The predicted molar refractivity (Wildman–Crippen MR) is 137 cm³/mol. The molecule has 2 heterocycles. The first kappa shape index (κ1) is 22.6. The van der Waals surface area contributed by atoms with Gasteiger partial charge >= 0.3 is 0 Å². The van der Waals surface area contributed by atoms with Crippen LogP contribution in [0.3, 0.4) is 0 Å². The van der Waals surface area contributed by atoms with Gasteiger partial charge in [-0.05, 0) is 61.2 Å². The van der Waals surface area contributed by atoms with Crippen LogP contribution in [0.1, 0.15) is 33.5 Å². The Morgan fingerprint density at radius 3 is 2.40 bits per heavy atom. The number of nitrogens with one attached hydrogen (secondary N) is 1. The average Bonchev–Trinajstić information content (AvgIpc) is 2.87. The number of nitriles is 1. The van der Waals surface area contributed by atoms with Crippen molar-refractivity contribution >= 4 is 11.6 Å². The Morgan fingerprint density at radius 1 is 0.943 bits per heavy atom. The molecule has 0 fully saturated rings. The van der Waals surface area contributed by atoms with Crippen LogP contribution in [0.15, 0.2) is 72.8 Å². The highest BCUT2D eigenvalue weighted by Crippen LogP contribution is 2.34. The maximum atomic E-state index is 9.09. The number of benzene rings is 3. The minimum Gasteiger partial charge on any atom is -0.438 e. The molecular weight excluding hydrogens is 434 g/mol. The van der Waals surface area contributed by atoms with Crippen molar-refractivity contribution in [3.05, 3.63) is 106 Å². The third-order valence-electron chi connectivity index (χ3n) is 6.23. The van der Waals surface area contributed by atoms with E-state index >= 15 is 0 Å². The third-order valence-corrected chi connectivity index (χ3v) is 6.23. The zero-order valence-corrected chi connectivity index (χ0v) is 20.0. The lowest BCUT2D eigenvalue weighted by molar-refractivity contribution is 0.238. The zero-order valence-electron chi connectivity index (χ0n) is 20.0. The maximum Gasteiger partial charge on any atom is 0.230 e. The van der Waals surface area contributed by atoms with E-state index in [-0.39, 0.29) is 0 Å². The van der Waals surface area contributed by atoms with Crippen LogP contribution in [0.5, 0.6) is 11.6 Å². The number of aryl methyl sites for hydroxylation is 2. The van der Waals surface area contributed by atoms with Crippen molar-refractivity contribution in [2.75, 3.05) is 11.9 Å². The van der Waals surface area contributed by atoms with Crippen molar-refractivity contribution in [3.63, 3.8) is 0 Å². The fourth-order valence-electron chi connectivity index (χ4n) is 4.38. The normalized spacial score (nSPS) is 13.1. The number of hydrogen-bond donors (Lipinski definition) is 1. The minimum atomic E-state index is 0.483. The molecule has 0 spiro atoms. The van der Waals surface area contributed by atoms with E-state index < -0.39 is 0 Å². The summed E-state index contributed by atoms with van der Waals surface area (Å²) < 4.78 is 6.45. The molecule has 0 atom stereocenters. The fraction of sp³-hybridized carbons (Fsp3) is 0.207. The Morgan fingerprint density at radius 2 is 1.69 bits per heavy atom. The molecule has 6 nitrogen and oxygen atoms in total. The lowest BCUT2D eigenvalue weighted by Crippen LogP contribution is -2.31. The molecule has 0 bridgehead atoms. The quantitative estimate of drug-likeness (QED) is 0.376. The molecule has 0 saturated carbocycles. The van der Waals surface area contributed by atoms with Crippen molar-refractivity contribution < 1.29 is 4.74 Å². The molecule has 1 aliphatic rings. The van der Waals surface area contributed by atoms with Gasteiger partial charge in [0.2, 0.25) is 11.8 Å². The highest BCUT2D eigenvalue weighted by molar-refractivity contribution is 5.56. The highest BCUT2D eigenvalue weighted by Gasteiger charge is 2.24. The van der Waals surface area contributed by atoms with Crippen LogP contribution in [-0.4, -0.2) is 21.4 Å². The van der Waals surface area contributed by atoms with Crippen LogP contribution in [0, 0.1) is 25.2 Å². The first-order chi connectivity index (χ1) is 17.1. The lowest BCUT2D eigenvalue weighted by Gasteiger charge is -2.29. The molecular formula is C29H27N5O. The third kappa shape index (κ3) is 5.16. The monoisotopic (exact) mass is 461 g/mol. The van der Waals surface area contributed by atoms with E-state index in [2.05, 4.69) is 40.6 Å². The standard InChI is InChI=1S/C29H27N5O/c1-20-7-6-8-21(2)27(20)35-28-25-15-16-34(18-23-9-4-3-5-10-23)19-26(25)32-29(33-28)31-24-13-11-22(17-30)12-14-24/h3-14H,15-16,18-19H2,1-2H3,(H,31,32,33). The number of fused-ring (bicyclic) bond motifs is 1. The van der Waals surface area contributed by atoms with Gasteiger partial charge in [-0.3, -0.25) is 4.90 Å². The number of rotatable bonds is 6. The summed E-state index contributed by atoms with van der Waals surface area (Å²) in [6.07, 6.45) is 0.819. The number of hydrogen-bond acceptors (Lipinski definition) is 6. The molecule has 0 unspecified atom stereocenters. The first-order valence-corrected chi connectivity index (χ1v) is 11.8. The summed E-state index contributed by atoms with van der Waals surface area (Å²) in [6, 6.07) is 26.0. The molecule has 1 aromatic heterocycles. The van der Waals surface area contributed by atoms with Gasteiger partial charge in [-0.15, -0.1) is 0 Å². The Hall–Kier alpha value is -4.21. The number of anilines is 2. The van der Waals surface area contributed by atoms with Crippen molar-refractivity contribution in [2.45, 2.75) is 33.4 Å². The summed E-state index contributed by atoms with van der Waals surface area (Å²) >= 11 is 0. The molecule has 0 aliphatic carbocycles. The molecule has 174 valence electrons. The Kier molecular flexibility index (Phi) is 6.42. The topological polar surface area (TPSA) is 74.1 Å². The molecule has 4 aromatic rings. The maximum absolute atomic E-state index is 9.09. The van der Waals surface area contributed by atoms with Crippen molar-refractivity contribution in [1.29, 1.82) is 5.26 Å². The molecule has 1 aliphatic heterocycles. The van der Waals surface area contributed by atoms with Crippen LogP contribution < -0.4 is 10.1 Å². The van der Waals surface area contributed by atoms with Gasteiger partial charge in [0, 0.05) is 30.9 Å². The van der Waals surface area contributed by atoms with Gasteiger partial charge in [-0.2, -0.15) is 10.2 Å². The van der Waals surface area contributed by atoms with Gasteiger partial charge < -0.3 is 10.1 Å². The van der Waals surface area contributed by atoms with Crippen LogP contribution >= 0.6 is 0 Å². The summed E-state index contributed by atoms with van der Waals surface area (Å²) in [5.41, 5.74) is 6.88. The summed E-state index contributed by atoms with van der Waals surface area (Å²) in [5, 5.41) is 12.4. The second kappa shape index (κ2) is 9.96. The van der Waals surface area contributed by atoms with Gasteiger partial charge in [0.05, 0.1) is 17.3 Å². The van der Waals surface area contributed by atoms with Crippen LogP contribution in [0.4, 0.5) is 11.6 Å². The molecule has 0 radical (unpaired) electrons. The second-order valence-corrected chi connectivity index (χ2v) is 8.86. The number of nitrogens with zero attached hydrogens (tertiary/aromatic N) is 4.